The Balaban J connectivity index is 1.31. The van der Waals surface area contributed by atoms with Crippen LogP contribution in [0.4, 0.5) is 15.9 Å². The van der Waals surface area contributed by atoms with E-state index in [0.29, 0.717) is 0 Å². The van der Waals surface area contributed by atoms with Crippen molar-refractivity contribution in [1.82, 2.24) is 15.5 Å². The summed E-state index contributed by atoms with van der Waals surface area (Å²) in [5.41, 5.74) is 2.25. The number of fused-ring (bicyclic) bond motifs is 1. The number of nitrogens with one attached hydrogen (secondary N) is 1. The molecule has 5 rings (SSSR count). The molecule has 1 aliphatic heterocycles. The number of methoxy groups -OCH3 is 1. The highest BCUT2D eigenvalue weighted by Crippen LogP contribution is 2.28. The highest BCUT2D eigenvalue weighted by Gasteiger charge is 2.23. The molecule has 178 valence electrons. The van der Waals surface area contributed by atoms with Gasteiger partial charge in [0.15, 0.2) is 11.5 Å². The van der Waals surface area contributed by atoms with Crippen molar-refractivity contribution in [3.8, 4) is 5.75 Å². The first-order valence-corrected chi connectivity index (χ1v) is 11.5. The molecule has 0 saturated carbocycles. The van der Waals surface area contributed by atoms with Crippen molar-refractivity contribution >= 4 is 28.2 Å². The molecular weight excluding hydrogens is 445 g/mol. The zero-order chi connectivity index (χ0) is 24.2. The fourth-order valence-corrected chi connectivity index (χ4v) is 4.33. The minimum absolute atomic E-state index is 0.281. The van der Waals surface area contributed by atoms with E-state index in [0.717, 1.165) is 59.8 Å². The van der Waals surface area contributed by atoms with E-state index in [-0.39, 0.29) is 24.0 Å². The molecule has 1 N–H and O–H groups in total. The first-order valence-electron chi connectivity index (χ1n) is 11.5. The fourth-order valence-electron chi connectivity index (χ4n) is 4.33. The molecule has 1 aliphatic rings. The van der Waals surface area contributed by atoms with Crippen molar-refractivity contribution in [2.24, 2.45) is 0 Å². The lowest BCUT2D eigenvalue weighted by Crippen LogP contribution is -2.47. The lowest BCUT2D eigenvalue weighted by atomic mass is 10.1. The molecule has 1 fully saturated rings. The first-order chi connectivity index (χ1) is 17.1. The number of benzene rings is 3. The number of nitrogens with zero attached hydrogens (tertiary/aromatic N) is 4. The molecule has 0 atom stereocenters. The van der Waals surface area contributed by atoms with Gasteiger partial charge in [-0.05, 0) is 42.0 Å². The van der Waals surface area contributed by atoms with Crippen molar-refractivity contribution in [2.45, 2.75) is 6.54 Å². The Morgan fingerprint density at radius 1 is 0.886 bits per heavy atom. The summed E-state index contributed by atoms with van der Waals surface area (Å²) in [5, 5.41) is 13.3. The molecule has 1 saturated heterocycles. The van der Waals surface area contributed by atoms with E-state index < -0.39 is 0 Å². The minimum Gasteiger partial charge on any atom is -0.497 e. The monoisotopic (exact) mass is 471 g/mol. The van der Waals surface area contributed by atoms with Gasteiger partial charge in [0, 0.05) is 49.2 Å². The van der Waals surface area contributed by atoms with Gasteiger partial charge in [0.1, 0.15) is 11.6 Å². The number of carbonyl (C=O) groups excluding carboxylic acids is 1. The predicted molar refractivity (Wildman–Crippen MR) is 135 cm³/mol. The molecule has 0 bridgehead atoms. The molecule has 8 heteroatoms. The predicted octanol–water partition coefficient (Wildman–Crippen LogP) is 4.03. The van der Waals surface area contributed by atoms with Gasteiger partial charge in [-0.3, -0.25) is 4.79 Å². The smallest absolute Gasteiger partial charge is 0.272 e. The summed E-state index contributed by atoms with van der Waals surface area (Å²) < 4.78 is 18.4. The van der Waals surface area contributed by atoms with Crippen molar-refractivity contribution in [1.29, 1.82) is 0 Å². The third-order valence-electron chi connectivity index (χ3n) is 6.27. The Morgan fingerprint density at radius 2 is 1.54 bits per heavy atom. The van der Waals surface area contributed by atoms with Gasteiger partial charge < -0.3 is 19.9 Å². The maximum Gasteiger partial charge on any atom is 0.272 e. The molecular formula is C27H26FN5O2. The zero-order valence-corrected chi connectivity index (χ0v) is 19.4. The number of hydrogen-bond acceptors (Lipinski definition) is 6. The van der Waals surface area contributed by atoms with Crippen molar-refractivity contribution in [3.05, 3.63) is 89.9 Å². The highest BCUT2D eigenvalue weighted by molar-refractivity contribution is 6.07. The molecule has 1 aromatic heterocycles. The molecule has 0 spiro atoms. The van der Waals surface area contributed by atoms with Gasteiger partial charge in [0.2, 0.25) is 0 Å². The van der Waals surface area contributed by atoms with Crippen LogP contribution in [0.25, 0.3) is 10.8 Å². The van der Waals surface area contributed by atoms with Gasteiger partial charge in [-0.15, -0.1) is 10.2 Å². The van der Waals surface area contributed by atoms with Crippen LogP contribution in [-0.4, -0.2) is 49.4 Å². The zero-order valence-electron chi connectivity index (χ0n) is 19.4. The average molecular weight is 472 g/mol. The van der Waals surface area contributed by atoms with Gasteiger partial charge in [-0.1, -0.05) is 36.4 Å². The third-order valence-corrected chi connectivity index (χ3v) is 6.27. The molecule has 35 heavy (non-hydrogen) atoms. The number of piperazine rings is 1. The van der Waals surface area contributed by atoms with Crippen LogP contribution in [-0.2, 0) is 6.54 Å². The molecule has 7 nitrogen and oxygen atoms in total. The lowest BCUT2D eigenvalue weighted by molar-refractivity contribution is 0.0947. The largest absolute Gasteiger partial charge is 0.497 e. The molecule has 3 aromatic carbocycles. The highest BCUT2D eigenvalue weighted by atomic mass is 19.1. The number of anilines is 2. The first kappa shape index (κ1) is 22.6. The molecule has 0 unspecified atom stereocenters. The Labute approximate surface area is 203 Å². The van der Waals surface area contributed by atoms with E-state index in [1.54, 1.807) is 19.2 Å². The molecule has 4 aromatic rings. The molecule has 1 amide bonds. The summed E-state index contributed by atoms with van der Waals surface area (Å²) in [7, 11) is 1.67. The quantitative estimate of drug-likeness (QED) is 0.458. The van der Waals surface area contributed by atoms with Crippen molar-refractivity contribution < 1.29 is 13.9 Å². The number of carbonyl (C=O) groups is 1. The number of hydrogen-bond donors (Lipinski definition) is 1. The van der Waals surface area contributed by atoms with Crippen LogP contribution in [0.3, 0.4) is 0 Å². The van der Waals surface area contributed by atoms with Gasteiger partial charge in [0.25, 0.3) is 5.91 Å². The third kappa shape index (κ3) is 4.87. The second kappa shape index (κ2) is 9.97. The summed E-state index contributed by atoms with van der Waals surface area (Å²) in [6, 6.07) is 21.8. The summed E-state index contributed by atoms with van der Waals surface area (Å²) in [6.45, 7) is 3.57. The summed E-state index contributed by atoms with van der Waals surface area (Å²) in [5.74, 6) is 1.01. The Hall–Kier alpha value is -4.20. The van der Waals surface area contributed by atoms with Crippen LogP contribution in [0.15, 0.2) is 72.8 Å². The van der Waals surface area contributed by atoms with Crippen LogP contribution in [0.2, 0.25) is 0 Å². The van der Waals surface area contributed by atoms with E-state index in [9.17, 15) is 9.18 Å². The van der Waals surface area contributed by atoms with Gasteiger partial charge in [-0.2, -0.15) is 0 Å². The number of rotatable bonds is 6. The van der Waals surface area contributed by atoms with Crippen LogP contribution in [0.5, 0.6) is 5.75 Å². The number of ether oxygens (including phenoxy) is 1. The molecule has 0 radical (unpaired) electrons. The Bertz CT molecular complexity index is 1320. The maximum absolute atomic E-state index is 13.1. The number of aromatic nitrogens is 2. The topological polar surface area (TPSA) is 70.6 Å². The minimum atomic E-state index is -0.311. The van der Waals surface area contributed by atoms with Crippen LogP contribution < -0.4 is 19.9 Å². The Morgan fingerprint density at radius 3 is 2.23 bits per heavy atom. The van der Waals surface area contributed by atoms with E-state index in [2.05, 4.69) is 37.4 Å². The second-order valence-corrected chi connectivity index (χ2v) is 8.40. The molecule has 2 heterocycles. The lowest BCUT2D eigenvalue weighted by Gasteiger charge is -2.37. The summed E-state index contributed by atoms with van der Waals surface area (Å²) in [6.07, 6.45) is 0. The van der Waals surface area contributed by atoms with Gasteiger partial charge in [-0.25, -0.2) is 4.39 Å². The number of halogens is 1. The Kier molecular flexibility index (Phi) is 6.43. The standard InChI is InChI=1S/C27H26FN5O2/c1-35-22-12-10-21(11-13-22)32-14-16-33(17-15-32)26-24-5-3-2-4-23(24)25(30-31-26)27(34)29-18-19-6-8-20(28)9-7-19/h2-13H,14-18H2,1H3,(H,29,34). The fraction of sp³-hybridized carbons (Fsp3) is 0.222. The second-order valence-electron chi connectivity index (χ2n) is 8.40. The van der Waals surface area contributed by atoms with Crippen LogP contribution >= 0.6 is 0 Å². The van der Waals surface area contributed by atoms with Crippen molar-refractivity contribution in [3.63, 3.8) is 0 Å². The van der Waals surface area contributed by atoms with Crippen LogP contribution in [0, 0.1) is 5.82 Å². The molecule has 0 aliphatic carbocycles. The van der Waals surface area contributed by atoms with Crippen molar-refractivity contribution in [2.75, 3.05) is 43.1 Å². The summed E-state index contributed by atoms with van der Waals surface area (Å²) >= 11 is 0. The van der Waals surface area contributed by atoms with E-state index in [1.165, 1.54) is 12.1 Å². The van der Waals surface area contributed by atoms with E-state index >= 15 is 0 Å². The van der Waals surface area contributed by atoms with E-state index in [1.807, 2.05) is 36.4 Å². The van der Waals surface area contributed by atoms with E-state index in [4.69, 9.17) is 4.74 Å². The van der Waals surface area contributed by atoms with Gasteiger partial charge in [0.05, 0.1) is 7.11 Å². The average Bonchev–Trinajstić information content (AvgIpc) is 2.92. The normalized spacial score (nSPS) is 13.7. The van der Waals surface area contributed by atoms with Crippen LogP contribution in [0.1, 0.15) is 16.1 Å². The van der Waals surface area contributed by atoms with Gasteiger partial charge >= 0.3 is 0 Å². The SMILES string of the molecule is COc1ccc(N2CCN(c3nnc(C(=O)NCc4ccc(F)cc4)c4ccccc34)CC2)cc1. The number of amides is 1. The summed E-state index contributed by atoms with van der Waals surface area (Å²) in [4.78, 5) is 17.5. The maximum atomic E-state index is 13.1.